The molecule has 0 aromatic heterocycles. The first-order valence-electron chi connectivity index (χ1n) is 14.9. The average Bonchev–Trinajstić information content (AvgIpc) is 3.07. The number of carbonyl (C=O) groups excluding carboxylic acids is 2. The van der Waals surface area contributed by atoms with Gasteiger partial charge in [0.1, 0.15) is 18.3 Å². The zero-order chi connectivity index (χ0) is 33.1. The Hall–Kier alpha value is -4.05. The van der Waals surface area contributed by atoms with Crippen LogP contribution in [0.5, 0.6) is 5.75 Å². The van der Waals surface area contributed by atoms with Gasteiger partial charge in [0, 0.05) is 35.1 Å². The molecule has 0 saturated carbocycles. The Bertz CT molecular complexity index is 1690. The number of sulfonamides is 1. The summed E-state index contributed by atoms with van der Waals surface area (Å²) < 4.78 is 34.5. The molecule has 0 spiro atoms. The van der Waals surface area contributed by atoms with Crippen LogP contribution in [0.3, 0.4) is 0 Å². The van der Waals surface area contributed by atoms with Gasteiger partial charge in [-0.1, -0.05) is 91.1 Å². The minimum atomic E-state index is -4.24. The van der Waals surface area contributed by atoms with Crippen molar-refractivity contribution in [1.29, 1.82) is 0 Å². The fourth-order valence-electron chi connectivity index (χ4n) is 4.91. The van der Waals surface area contributed by atoms with Crippen LogP contribution in [0.15, 0.2) is 108 Å². The predicted molar refractivity (Wildman–Crippen MR) is 183 cm³/mol. The second-order valence-corrected chi connectivity index (χ2v) is 13.3. The van der Waals surface area contributed by atoms with E-state index in [9.17, 15) is 18.0 Å². The van der Waals surface area contributed by atoms with Crippen molar-refractivity contribution in [2.24, 2.45) is 0 Å². The van der Waals surface area contributed by atoms with E-state index in [4.69, 9.17) is 27.9 Å². The summed E-state index contributed by atoms with van der Waals surface area (Å²) >= 11 is 13.1. The number of unbranched alkanes of at least 4 members (excludes halogenated alkanes) is 1. The molecular formula is C35H37Cl2N3O5S. The van der Waals surface area contributed by atoms with Crippen molar-refractivity contribution in [3.05, 3.63) is 124 Å². The summed E-state index contributed by atoms with van der Waals surface area (Å²) in [6, 6.07) is 27.6. The van der Waals surface area contributed by atoms with Gasteiger partial charge in [-0.25, -0.2) is 8.42 Å². The van der Waals surface area contributed by atoms with Gasteiger partial charge in [-0.05, 0) is 60.5 Å². The van der Waals surface area contributed by atoms with E-state index in [-0.39, 0.29) is 29.5 Å². The molecular weight excluding hydrogens is 645 g/mol. The lowest BCUT2D eigenvalue weighted by atomic mass is 10.0. The molecule has 11 heteroatoms. The van der Waals surface area contributed by atoms with Gasteiger partial charge in [0.25, 0.3) is 10.0 Å². The van der Waals surface area contributed by atoms with E-state index in [1.165, 1.54) is 24.1 Å². The lowest BCUT2D eigenvalue weighted by molar-refractivity contribution is -0.140. The van der Waals surface area contributed by atoms with Crippen molar-refractivity contribution in [3.63, 3.8) is 0 Å². The topological polar surface area (TPSA) is 96.0 Å². The van der Waals surface area contributed by atoms with Gasteiger partial charge in [0.15, 0.2) is 0 Å². The summed E-state index contributed by atoms with van der Waals surface area (Å²) in [6.07, 6.45) is 1.82. The summed E-state index contributed by atoms with van der Waals surface area (Å²) in [7, 11) is -2.75. The van der Waals surface area contributed by atoms with Crippen LogP contribution in [-0.4, -0.2) is 51.4 Å². The van der Waals surface area contributed by atoms with E-state index in [1.54, 1.807) is 60.7 Å². The number of nitrogens with zero attached hydrogens (tertiary/aromatic N) is 2. The molecule has 4 rings (SSSR count). The predicted octanol–water partition coefficient (Wildman–Crippen LogP) is 6.75. The van der Waals surface area contributed by atoms with Gasteiger partial charge in [-0.2, -0.15) is 0 Å². The molecule has 0 radical (unpaired) electrons. The van der Waals surface area contributed by atoms with Crippen molar-refractivity contribution >= 4 is 50.7 Å². The molecule has 0 unspecified atom stereocenters. The highest BCUT2D eigenvalue weighted by Crippen LogP contribution is 2.29. The molecule has 4 aromatic carbocycles. The number of hydrogen-bond acceptors (Lipinski definition) is 5. The quantitative estimate of drug-likeness (QED) is 0.140. The maximum Gasteiger partial charge on any atom is 0.264 e. The summed E-state index contributed by atoms with van der Waals surface area (Å²) in [6.45, 7) is 1.73. The van der Waals surface area contributed by atoms with Crippen LogP contribution < -0.4 is 14.4 Å². The number of benzene rings is 4. The van der Waals surface area contributed by atoms with E-state index in [2.05, 4.69) is 5.32 Å². The highest BCUT2D eigenvalue weighted by atomic mass is 35.5. The lowest BCUT2D eigenvalue weighted by Gasteiger charge is -2.34. The average molecular weight is 683 g/mol. The Morgan fingerprint density at radius 1 is 0.848 bits per heavy atom. The maximum atomic E-state index is 14.5. The number of carbonyl (C=O) groups is 2. The zero-order valence-electron chi connectivity index (χ0n) is 25.7. The highest BCUT2D eigenvalue weighted by molar-refractivity contribution is 7.92. The van der Waals surface area contributed by atoms with Gasteiger partial charge in [0.2, 0.25) is 11.8 Å². The number of halogens is 2. The molecule has 1 atom stereocenters. The second kappa shape index (κ2) is 16.5. The molecule has 0 aliphatic carbocycles. The van der Waals surface area contributed by atoms with Crippen molar-refractivity contribution in [2.75, 3.05) is 24.5 Å². The molecule has 8 nitrogen and oxygen atoms in total. The second-order valence-electron chi connectivity index (χ2n) is 10.6. The number of amides is 2. The number of anilines is 1. The van der Waals surface area contributed by atoms with Crippen molar-refractivity contribution in [3.8, 4) is 5.75 Å². The number of ether oxygens (including phenoxy) is 1. The maximum absolute atomic E-state index is 14.5. The van der Waals surface area contributed by atoms with Crippen LogP contribution in [-0.2, 0) is 32.6 Å². The SMILES string of the molecule is CCCCNC(=O)[C@@H](Cc1ccccc1)N(Cc1c(Cl)cccc1Cl)C(=O)CN(c1ccccc1)S(=O)(=O)c1ccc(OC)cc1. The normalized spacial score (nSPS) is 11.8. The van der Waals surface area contributed by atoms with E-state index < -0.39 is 28.5 Å². The van der Waals surface area contributed by atoms with Gasteiger partial charge in [-0.3, -0.25) is 13.9 Å². The number of hydrogen-bond donors (Lipinski definition) is 1. The molecule has 0 bridgehead atoms. The van der Waals surface area contributed by atoms with Crippen LogP contribution in [0.4, 0.5) is 5.69 Å². The third-order valence-corrected chi connectivity index (χ3v) is 9.96. The molecule has 242 valence electrons. The third kappa shape index (κ3) is 8.81. The summed E-state index contributed by atoms with van der Waals surface area (Å²) in [5.74, 6) is -0.483. The van der Waals surface area contributed by atoms with Crippen molar-refractivity contribution < 1.29 is 22.7 Å². The third-order valence-electron chi connectivity index (χ3n) is 7.46. The minimum absolute atomic E-state index is 0.0243. The first kappa shape index (κ1) is 34.8. The van der Waals surface area contributed by atoms with Crippen LogP contribution >= 0.6 is 23.2 Å². The lowest BCUT2D eigenvalue weighted by Crippen LogP contribution is -2.53. The number of nitrogens with one attached hydrogen (secondary N) is 1. The smallest absolute Gasteiger partial charge is 0.264 e. The van der Waals surface area contributed by atoms with Crippen LogP contribution in [0, 0.1) is 0 Å². The monoisotopic (exact) mass is 681 g/mol. The summed E-state index contributed by atoms with van der Waals surface area (Å²) in [5, 5.41) is 3.60. The number of methoxy groups -OCH3 is 1. The molecule has 0 saturated heterocycles. The Morgan fingerprint density at radius 3 is 2.04 bits per heavy atom. The largest absolute Gasteiger partial charge is 0.497 e. The molecule has 0 aliphatic rings. The standard InChI is InChI=1S/C35H37Cl2N3O5S/c1-3-4-22-38-35(42)33(23-26-12-7-5-8-13-26)39(24-30-31(36)16-11-17-32(30)37)34(41)25-40(27-14-9-6-10-15-27)46(43,44)29-20-18-28(45-2)19-21-29/h5-21,33H,3-4,22-25H2,1-2H3,(H,38,42)/t33-/m1/s1. The zero-order valence-corrected chi connectivity index (χ0v) is 28.1. The molecule has 4 aromatic rings. The van der Waals surface area contributed by atoms with Crippen LogP contribution in [0.25, 0.3) is 0 Å². The van der Waals surface area contributed by atoms with Crippen molar-refractivity contribution in [2.45, 2.75) is 43.7 Å². The van der Waals surface area contributed by atoms with Gasteiger partial charge >= 0.3 is 0 Å². The Kier molecular flexibility index (Phi) is 12.5. The summed E-state index contributed by atoms with van der Waals surface area (Å²) in [5.41, 5.74) is 1.56. The van der Waals surface area contributed by atoms with Crippen LogP contribution in [0.1, 0.15) is 30.9 Å². The first-order valence-corrected chi connectivity index (χ1v) is 17.1. The van der Waals surface area contributed by atoms with E-state index >= 15 is 0 Å². The fraction of sp³-hybridized carbons (Fsp3) is 0.257. The molecule has 46 heavy (non-hydrogen) atoms. The van der Waals surface area contributed by atoms with Gasteiger partial charge < -0.3 is 15.0 Å². The van der Waals surface area contributed by atoms with E-state index in [0.717, 1.165) is 22.7 Å². The minimum Gasteiger partial charge on any atom is -0.497 e. The van der Waals surface area contributed by atoms with Gasteiger partial charge in [-0.15, -0.1) is 0 Å². The molecule has 1 N–H and O–H groups in total. The van der Waals surface area contributed by atoms with E-state index in [1.807, 2.05) is 37.3 Å². The number of para-hydroxylation sites is 1. The fourth-order valence-corrected chi connectivity index (χ4v) is 6.84. The van der Waals surface area contributed by atoms with E-state index in [0.29, 0.717) is 27.9 Å². The van der Waals surface area contributed by atoms with Crippen LogP contribution in [0.2, 0.25) is 10.0 Å². The first-order chi connectivity index (χ1) is 22.1. The molecule has 0 heterocycles. The number of rotatable bonds is 15. The Morgan fingerprint density at radius 2 is 1.46 bits per heavy atom. The Labute approximate surface area is 280 Å². The highest BCUT2D eigenvalue weighted by Gasteiger charge is 2.35. The molecule has 0 aliphatic heterocycles. The molecule has 2 amide bonds. The van der Waals surface area contributed by atoms with Gasteiger partial charge in [0.05, 0.1) is 17.7 Å². The summed E-state index contributed by atoms with van der Waals surface area (Å²) in [4.78, 5) is 29.7. The Balaban J connectivity index is 1.80. The molecule has 0 fully saturated rings. The van der Waals surface area contributed by atoms with Crippen molar-refractivity contribution in [1.82, 2.24) is 10.2 Å².